The molecule has 2 nitrogen and oxygen atoms in total. The van der Waals surface area contributed by atoms with E-state index in [0.29, 0.717) is 5.41 Å². The quantitative estimate of drug-likeness (QED) is 0.647. The van der Waals surface area contributed by atoms with Crippen molar-refractivity contribution in [3.8, 4) is 0 Å². The molecule has 2 heteroatoms. The fourth-order valence-electron chi connectivity index (χ4n) is 2.86. The van der Waals surface area contributed by atoms with Crippen LogP contribution in [0.1, 0.15) is 59.3 Å². The molecule has 2 N–H and O–H groups in total. The Labute approximate surface area is 108 Å². The molecule has 1 saturated heterocycles. The summed E-state index contributed by atoms with van der Waals surface area (Å²) in [6.45, 7) is 11.8. The van der Waals surface area contributed by atoms with Crippen LogP contribution >= 0.6 is 0 Å². The number of hydrogen-bond donors (Lipinski definition) is 2. The zero-order valence-corrected chi connectivity index (χ0v) is 12.1. The standard InChI is InChI=1S/C15H32N2/c1-4-7-8-14(5-2)11-17-13-15(6-3)9-10-16-12-15/h14,16-17H,4-13H2,1-3H3. The minimum absolute atomic E-state index is 0.545. The molecule has 0 bridgehead atoms. The van der Waals surface area contributed by atoms with E-state index in [9.17, 15) is 0 Å². The van der Waals surface area contributed by atoms with Crippen molar-refractivity contribution in [2.75, 3.05) is 26.2 Å². The summed E-state index contributed by atoms with van der Waals surface area (Å²) < 4.78 is 0. The van der Waals surface area contributed by atoms with Crippen LogP contribution < -0.4 is 10.6 Å². The molecule has 102 valence electrons. The molecule has 0 aromatic carbocycles. The van der Waals surface area contributed by atoms with Gasteiger partial charge in [0, 0.05) is 13.1 Å². The van der Waals surface area contributed by atoms with Gasteiger partial charge in [-0.1, -0.05) is 40.0 Å². The molecular weight excluding hydrogens is 208 g/mol. The van der Waals surface area contributed by atoms with Crippen molar-refractivity contribution in [1.29, 1.82) is 0 Å². The van der Waals surface area contributed by atoms with Crippen molar-refractivity contribution in [1.82, 2.24) is 10.6 Å². The van der Waals surface area contributed by atoms with E-state index >= 15 is 0 Å². The molecule has 0 saturated carbocycles. The second-order valence-corrected chi connectivity index (χ2v) is 5.83. The number of hydrogen-bond acceptors (Lipinski definition) is 2. The summed E-state index contributed by atoms with van der Waals surface area (Å²) in [4.78, 5) is 0. The zero-order valence-electron chi connectivity index (χ0n) is 12.1. The first-order valence-corrected chi connectivity index (χ1v) is 7.67. The fourth-order valence-corrected chi connectivity index (χ4v) is 2.86. The summed E-state index contributed by atoms with van der Waals surface area (Å²) in [6.07, 6.45) is 8.10. The lowest BCUT2D eigenvalue weighted by Crippen LogP contribution is -2.37. The Morgan fingerprint density at radius 3 is 2.65 bits per heavy atom. The van der Waals surface area contributed by atoms with Crippen LogP contribution in [-0.4, -0.2) is 26.2 Å². The minimum atomic E-state index is 0.545. The van der Waals surface area contributed by atoms with Gasteiger partial charge in [0.15, 0.2) is 0 Å². The fraction of sp³-hybridized carbons (Fsp3) is 1.00. The van der Waals surface area contributed by atoms with Crippen molar-refractivity contribution < 1.29 is 0 Å². The van der Waals surface area contributed by atoms with Gasteiger partial charge in [0.05, 0.1) is 0 Å². The van der Waals surface area contributed by atoms with Crippen LogP contribution in [0.2, 0.25) is 0 Å². The zero-order chi connectivity index (χ0) is 12.6. The molecular formula is C15H32N2. The van der Waals surface area contributed by atoms with Crippen molar-refractivity contribution >= 4 is 0 Å². The molecule has 1 heterocycles. The molecule has 0 radical (unpaired) electrons. The van der Waals surface area contributed by atoms with Crippen LogP contribution in [0, 0.1) is 11.3 Å². The predicted octanol–water partition coefficient (Wildman–Crippen LogP) is 3.18. The molecule has 0 aromatic heterocycles. The van der Waals surface area contributed by atoms with E-state index in [1.165, 1.54) is 64.7 Å². The Kier molecular flexibility index (Phi) is 7.14. The molecule has 1 fully saturated rings. The van der Waals surface area contributed by atoms with Gasteiger partial charge in [-0.3, -0.25) is 0 Å². The first-order valence-electron chi connectivity index (χ1n) is 7.67. The first-order chi connectivity index (χ1) is 8.26. The lowest BCUT2D eigenvalue weighted by molar-refractivity contribution is 0.278. The highest BCUT2D eigenvalue weighted by Gasteiger charge is 2.31. The van der Waals surface area contributed by atoms with Crippen molar-refractivity contribution in [3.63, 3.8) is 0 Å². The topological polar surface area (TPSA) is 24.1 Å². The third kappa shape index (κ3) is 4.97. The van der Waals surface area contributed by atoms with Crippen molar-refractivity contribution in [2.24, 2.45) is 11.3 Å². The van der Waals surface area contributed by atoms with Gasteiger partial charge in [-0.15, -0.1) is 0 Å². The van der Waals surface area contributed by atoms with E-state index in [0.717, 1.165) is 5.92 Å². The van der Waals surface area contributed by atoms with E-state index in [1.807, 2.05) is 0 Å². The summed E-state index contributed by atoms with van der Waals surface area (Å²) in [5.41, 5.74) is 0.545. The predicted molar refractivity (Wildman–Crippen MR) is 76.4 cm³/mol. The van der Waals surface area contributed by atoms with Crippen LogP contribution in [0.15, 0.2) is 0 Å². The van der Waals surface area contributed by atoms with Gasteiger partial charge in [-0.25, -0.2) is 0 Å². The second-order valence-electron chi connectivity index (χ2n) is 5.83. The molecule has 2 atom stereocenters. The van der Waals surface area contributed by atoms with E-state index in [2.05, 4.69) is 31.4 Å². The maximum atomic E-state index is 3.74. The average Bonchev–Trinajstić information content (AvgIpc) is 2.83. The lowest BCUT2D eigenvalue weighted by atomic mass is 9.84. The highest BCUT2D eigenvalue weighted by Crippen LogP contribution is 2.28. The van der Waals surface area contributed by atoms with Crippen LogP contribution in [0.5, 0.6) is 0 Å². The minimum Gasteiger partial charge on any atom is -0.316 e. The van der Waals surface area contributed by atoms with E-state index in [1.54, 1.807) is 0 Å². The van der Waals surface area contributed by atoms with E-state index in [-0.39, 0.29) is 0 Å². The molecule has 0 aliphatic carbocycles. The third-order valence-electron chi connectivity index (χ3n) is 4.56. The normalized spacial score (nSPS) is 26.3. The molecule has 1 aliphatic heterocycles. The first kappa shape index (κ1) is 15.0. The largest absolute Gasteiger partial charge is 0.316 e. The molecule has 1 rings (SSSR count). The maximum absolute atomic E-state index is 3.74. The van der Waals surface area contributed by atoms with Gasteiger partial charge >= 0.3 is 0 Å². The van der Waals surface area contributed by atoms with E-state index in [4.69, 9.17) is 0 Å². The Hall–Kier alpha value is -0.0800. The molecule has 2 unspecified atom stereocenters. The van der Waals surface area contributed by atoms with Crippen molar-refractivity contribution in [2.45, 2.75) is 59.3 Å². The lowest BCUT2D eigenvalue weighted by Gasteiger charge is -2.28. The monoisotopic (exact) mass is 240 g/mol. The van der Waals surface area contributed by atoms with Crippen LogP contribution in [0.25, 0.3) is 0 Å². The number of unbranched alkanes of at least 4 members (excludes halogenated alkanes) is 1. The highest BCUT2D eigenvalue weighted by atomic mass is 15.0. The number of rotatable bonds is 9. The SMILES string of the molecule is CCCCC(CC)CNCC1(CC)CCNC1. The molecule has 0 amide bonds. The Balaban J connectivity index is 2.20. The van der Waals surface area contributed by atoms with Gasteiger partial charge in [0.25, 0.3) is 0 Å². The Bertz CT molecular complexity index is 185. The van der Waals surface area contributed by atoms with Crippen LogP contribution in [0.3, 0.4) is 0 Å². The smallest absolute Gasteiger partial charge is 0.00205 e. The Morgan fingerprint density at radius 1 is 1.29 bits per heavy atom. The van der Waals surface area contributed by atoms with Crippen LogP contribution in [-0.2, 0) is 0 Å². The van der Waals surface area contributed by atoms with Crippen LogP contribution in [0.4, 0.5) is 0 Å². The molecule has 17 heavy (non-hydrogen) atoms. The highest BCUT2D eigenvalue weighted by molar-refractivity contribution is 4.88. The summed E-state index contributed by atoms with van der Waals surface area (Å²) in [6, 6.07) is 0. The molecule has 0 spiro atoms. The van der Waals surface area contributed by atoms with E-state index < -0.39 is 0 Å². The summed E-state index contributed by atoms with van der Waals surface area (Å²) in [5.74, 6) is 0.887. The van der Waals surface area contributed by atoms with Gasteiger partial charge < -0.3 is 10.6 Å². The summed E-state index contributed by atoms with van der Waals surface area (Å²) in [5, 5.41) is 7.25. The maximum Gasteiger partial charge on any atom is 0.00205 e. The van der Waals surface area contributed by atoms with Gasteiger partial charge in [0.1, 0.15) is 0 Å². The van der Waals surface area contributed by atoms with Gasteiger partial charge in [-0.05, 0) is 43.7 Å². The average molecular weight is 240 g/mol. The summed E-state index contributed by atoms with van der Waals surface area (Å²) in [7, 11) is 0. The molecule has 0 aromatic rings. The number of nitrogens with one attached hydrogen (secondary N) is 2. The Morgan fingerprint density at radius 2 is 2.12 bits per heavy atom. The second kappa shape index (κ2) is 8.10. The summed E-state index contributed by atoms with van der Waals surface area (Å²) >= 11 is 0. The molecule has 1 aliphatic rings. The van der Waals surface area contributed by atoms with Gasteiger partial charge in [0.2, 0.25) is 0 Å². The third-order valence-corrected chi connectivity index (χ3v) is 4.56. The van der Waals surface area contributed by atoms with Crippen molar-refractivity contribution in [3.05, 3.63) is 0 Å². The van der Waals surface area contributed by atoms with Gasteiger partial charge in [-0.2, -0.15) is 0 Å².